The van der Waals surface area contributed by atoms with Gasteiger partial charge in [0.1, 0.15) is 5.82 Å². The van der Waals surface area contributed by atoms with Gasteiger partial charge in [-0.15, -0.1) is 0 Å². The van der Waals surface area contributed by atoms with Crippen LogP contribution in [0.15, 0.2) is 18.2 Å². The van der Waals surface area contributed by atoms with Gasteiger partial charge in [0.2, 0.25) is 0 Å². The summed E-state index contributed by atoms with van der Waals surface area (Å²) in [5, 5.41) is 3.64. The lowest BCUT2D eigenvalue weighted by Crippen LogP contribution is -2.47. The Bertz CT molecular complexity index is 404. The van der Waals surface area contributed by atoms with Gasteiger partial charge in [0.15, 0.2) is 0 Å². The topological polar surface area (TPSA) is 12.0 Å². The zero-order valence-corrected chi connectivity index (χ0v) is 11.7. The summed E-state index contributed by atoms with van der Waals surface area (Å²) in [6.45, 7) is 7.42. The van der Waals surface area contributed by atoms with Gasteiger partial charge >= 0.3 is 0 Å². The molecule has 1 aromatic rings. The number of aryl methyl sites for hydroxylation is 1. The second-order valence-electron chi connectivity index (χ2n) is 5.85. The highest BCUT2D eigenvalue weighted by atomic mass is 19.1. The fraction of sp³-hybridized carbons (Fsp3) is 0.625. The summed E-state index contributed by atoms with van der Waals surface area (Å²) in [4.78, 5) is 0. The molecule has 1 saturated heterocycles. The second-order valence-corrected chi connectivity index (χ2v) is 5.85. The molecule has 100 valence electrons. The fourth-order valence-corrected chi connectivity index (χ4v) is 3.12. The molecule has 1 unspecified atom stereocenters. The van der Waals surface area contributed by atoms with Crippen LogP contribution in [0, 0.1) is 18.7 Å². The van der Waals surface area contributed by atoms with Crippen LogP contribution in [0.3, 0.4) is 0 Å². The Labute approximate surface area is 110 Å². The van der Waals surface area contributed by atoms with Crippen LogP contribution in [-0.2, 0) is 5.54 Å². The van der Waals surface area contributed by atoms with E-state index >= 15 is 0 Å². The van der Waals surface area contributed by atoms with Gasteiger partial charge in [0, 0.05) is 11.1 Å². The molecule has 0 saturated carbocycles. The van der Waals surface area contributed by atoms with Crippen molar-refractivity contribution in [2.45, 2.75) is 52.0 Å². The molecule has 1 aromatic carbocycles. The standard InChI is InChI=1S/C16H24FN/c1-12(2)16(9-5-4-6-10-18-16)14-11-13(3)7-8-15(14)17/h7-8,11-12,18H,4-6,9-10H2,1-3H3. The smallest absolute Gasteiger partial charge is 0.128 e. The van der Waals surface area contributed by atoms with E-state index in [2.05, 4.69) is 19.2 Å². The number of rotatable bonds is 2. The molecule has 0 amide bonds. The summed E-state index contributed by atoms with van der Waals surface area (Å²) >= 11 is 0. The summed E-state index contributed by atoms with van der Waals surface area (Å²) in [5.74, 6) is 0.329. The van der Waals surface area contributed by atoms with Crippen LogP contribution in [0.2, 0.25) is 0 Å². The summed E-state index contributed by atoms with van der Waals surface area (Å²) in [5.41, 5.74) is 1.81. The third-order valence-electron chi connectivity index (χ3n) is 4.28. The highest BCUT2D eigenvalue weighted by Gasteiger charge is 2.37. The Balaban J connectivity index is 2.48. The number of hydrogen-bond acceptors (Lipinski definition) is 1. The van der Waals surface area contributed by atoms with E-state index in [-0.39, 0.29) is 11.4 Å². The van der Waals surface area contributed by atoms with Crippen LogP contribution in [-0.4, -0.2) is 6.54 Å². The van der Waals surface area contributed by atoms with Crippen LogP contribution < -0.4 is 5.32 Å². The Morgan fingerprint density at radius 3 is 2.72 bits per heavy atom. The summed E-state index contributed by atoms with van der Waals surface area (Å²) in [7, 11) is 0. The molecule has 0 aromatic heterocycles. The highest BCUT2D eigenvalue weighted by Crippen LogP contribution is 2.38. The first kappa shape index (κ1) is 13.5. The molecule has 1 heterocycles. The first-order valence-corrected chi connectivity index (χ1v) is 7.08. The molecule has 0 aliphatic carbocycles. The zero-order valence-electron chi connectivity index (χ0n) is 11.7. The molecule has 1 atom stereocenters. The van der Waals surface area contributed by atoms with Crippen molar-refractivity contribution in [3.05, 3.63) is 35.1 Å². The Morgan fingerprint density at radius 2 is 2.00 bits per heavy atom. The number of nitrogens with one attached hydrogen (secondary N) is 1. The number of hydrogen-bond donors (Lipinski definition) is 1. The molecule has 0 spiro atoms. The Morgan fingerprint density at radius 1 is 1.22 bits per heavy atom. The predicted molar refractivity (Wildman–Crippen MR) is 74.1 cm³/mol. The van der Waals surface area contributed by atoms with Gasteiger partial charge in [-0.2, -0.15) is 0 Å². The summed E-state index contributed by atoms with van der Waals surface area (Å²) in [6.07, 6.45) is 4.65. The van der Waals surface area contributed by atoms with Crippen molar-refractivity contribution >= 4 is 0 Å². The number of halogens is 1. The molecule has 0 bridgehead atoms. The van der Waals surface area contributed by atoms with Crippen molar-refractivity contribution in [1.82, 2.24) is 5.32 Å². The molecule has 1 fully saturated rings. The van der Waals surface area contributed by atoms with Crippen molar-refractivity contribution < 1.29 is 4.39 Å². The first-order chi connectivity index (χ1) is 8.56. The van der Waals surface area contributed by atoms with Crippen molar-refractivity contribution in [3.8, 4) is 0 Å². The third kappa shape index (κ3) is 2.44. The van der Waals surface area contributed by atoms with Gasteiger partial charge in [0.25, 0.3) is 0 Å². The normalized spacial score (nSPS) is 25.2. The van der Waals surface area contributed by atoms with E-state index in [9.17, 15) is 4.39 Å². The van der Waals surface area contributed by atoms with E-state index in [0.717, 1.165) is 24.1 Å². The molecule has 18 heavy (non-hydrogen) atoms. The van der Waals surface area contributed by atoms with Gasteiger partial charge in [-0.3, -0.25) is 0 Å². The van der Waals surface area contributed by atoms with E-state index in [1.54, 1.807) is 6.07 Å². The van der Waals surface area contributed by atoms with Crippen LogP contribution in [0.5, 0.6) is 0 Å². The average Bonchev–Trinajstić information content (AvgIpc) is 2.58. The van der Waals surface area contributed by atoms with Crippen LogP contribution >= 0.6 is 0 Å². The summed E-state index contributed by atoms with van der Waals surface area (Å²) in [6, 6.07) is 5.48. The van der Waals surface area contributed by atoms with Crippen molar-refractivity contribution in [2.75, 3.05) is 6.54 Å². The SMILES string of the molecule is Cc1ccc(F)c(C2(C(C)C)CCCCCN2)c1. The lowest BCUT2D eigenvalue weighted by molar-refractivity contribution is 0.223. The van der Waals surface area contributed by atoms with Crippen molar-refractivity contribution in [2.24, 2.45) is 5.92 Å². The minimum Gasteiger partial charge on any atom is -0.307 e. The largest absolute Gasteiger partial charge is 0.307 e. The van der Waals surface area contributed by atoms with E-state index in [0.29, 0.717) is 5.92 Å². The molecular weight excluding hydrogens is 225 g/mol. The van der Waals surface area contributed by atoms with Gasteiger partial charge in [0.05, 0.1) is 0 Å². The van der Waals surface area contributed by atoms with Crippen molar-refractivity contribution in [1.29, 1.82) is 0 Å². The van der Waals surface area contributed by atoms with Gasteiger partial charge in [-0.05, 0) is 38.3 Å². The minimum absolute atomic E-state index is 0.0660. The summed E-state index contributed by atoms with van der Waals surface area (Å²) < 4.78 is 14.3. The molecular formula is C16H24FN. The van der Waals surface area contributed by atoms with Crippen LogP contribution in [0.1, 0.15) is 50.7 Å². The van der Waals surface area contributed by atoms with Gasteiger partial charge in [-0.25, -0.2) is 4.39 Å². The average molecular weight is 249 g/mol. The van der Waals surface area contributed by atoms with Crippen molar-refractivity contribution in [3.63, 3.8) is 0 Å². The monoisotopic (exact) mass is 249 g/mol. The number of benzene rings is 1. The fourth-order valence-electron chi connectivity index (χ4n) is 3.12. The maximum absolute atomic E-state index is 14.3. The molecule has 0 radical (unpaired) electrons. The van der Waals surface area contributed by atoms with Gasteiger partial charge in [-0.1, -0.05) is 44.4 Å². The maximum atomic E-state index is 14.3. The molecule has 1 aliphatic rings. The van der Waals surface area contributed by atoms with Crippen LogP contribution in [0.4, 0.5) is 4.39 Å². The lowest BCUT2D eigenvalue weighted by Gasteiger charge is -2.39. The molecule has 2 rings (SSSR count). The zero-order chi connectivity index (χ0) is 13.2. The maximum Gasteiger partial charge on any atom is 0.128 e. The van der Waals surface area contributed by atoms with E-state index in [1.807, 2.05) is 19.1 Å². The Kier molecular flexibility index (Phi) is 4.06. The quantitative estimate of drug-likeness (QED) is 0.830. The molecule has 2 heteroatoms. The van der Waals surface area contributed by atoms with Crippen LogP contribution in [0.25, 0.3) is 0 Å². The predicted octanol–water partition coefficient (Wildman–Crippen LogP) is 4.15. The third-order valence-corrected chi connectivity index (χ3v) is 4.28. The minimum atomic E-state index is -0.188. The lowest BCUT2D eigenvalue weighted by atomic mass is 9.76. The van der Waals surface area contributed by atoms with E-state index in [4.69, 9.17) is 0 Å². The molecule has 1 N–H and O–H groups in total. The van der Waals surface area contributed by atoms with E-state index in [1.165, 1.54) is 19.3 Å². The molecule has 1 aliphatic heterocycles. The van der Waals surface area contributed by atoms with E-state index < -0.39 is 0 Å². The second kappa shape index (κ2) is 5.40. The Hall–Kier alpha value is -0.890. The molecule has 1 nitrogen and oxygen atoms in total. The first-order valence-electron chi connectivity index (χ1n) is 7.08. The van der Waals surface area contributed by atoms with Gasteiger partial charge < -0.3 is 5.32 Å². The highest BCUT2D eigenvalue weighted by molar-refractivity contribution is 5.31.